The SMILES string of the molecule is CCc1ncc(CN[C@@H]2C[C@@H]3C[C@H]([C@H]2C)C3(C)C)[nH]1. The third kappa shape index (κ3) is 2.12. The molecule has 4 atom stereocenters. The van der Waals surface area contributed by atoms with E-state index in [2.05, 4.69) is 43.0 Å². The zero-order chi connectivity index (χ0) is 13.6. The van der Waals surface area contributed by atoms with Gasteiger partial charge in [0.1, 0.15) is 5.82 Å². The van der Waals surface area contributed by atoms with Crippen LogP contribution in [0.25, 0.3) is 0 Å². The molecular formula is C16H27N3. The molecule has 0 aromatic carbocycles. The Morgan fingerprint density at radius 2 is 2.21 bits per heavy atom. The minimum absolute atomic E-state index is 0.584. The molecular weight excluding hydrogens is 234 g/mol. The maximum absolute atomic E-state index is 4.37. The number of hydrogen-bond donors (Lipinski definition) is 2. The summed E-state index contributed by atoms with van der Waals surface area (Å²) in [4.78, 5) is 7.75. The zero-order valence-electron chi connectivity index (χ0n) is 12.7. The molecule has 3 aliphatic carbocycles. The number of fused-ring (bicyclic) bond motifs is 2. The maximum Gasteiger partial charge on any atom is 0.105 e. The van der Waals surface area contributed by atoms with Crippen LogP contribution < -0.4 is 5.32 Å². The average molecular weight is 261 g/mol. The first-order chi connectivity index (χ1) is 9.02. The van der Waals surface area contributed by atoms with E-state index in [0.717, 1.165) is 36.5 Å². The van der Waals surface area contributed by atoms with Crippen molar-refractivity contribution in [2.75, 3.05) is 0 Å². The lowest BCUT2D eigenvalue weighted by Gasteiger charge is -2.62. The first-order valence-corrected chi connectivity index (χ1v) is 7.78. The lowest BCUT2D eigenvalue weighted by atomic mass is 9.45. The van der Waals surface area contributed by atoms with Crippen molar-refractivity contribution in [3.8, 4) is 0 Å². The molecule has 2 N–H and O–H groups in total. The van der Waals surface area contributed by atoms with E-state index in [1.54, 1.807) is 0 Å². The summed E-state index contributed by atoms with van der Waals surface area (Å²) in [6, 6.07) is 0.685. The van der Waals surface area contributed by atoms with Crippen LogP contribution in [0.2, 0.25) is 0 Å². The van der Waals surface area contributed by atoms with Gasteiger partial charge >= 0.3 is 0 Å². The van der Waals surface area contributed by atoms with Gasteiger partial charge in [0.05, 0.1) is 0 Å². The highest BCUT2D eigenvalue weighted by atomic mass is 15.0. The molecule has 4 rings (SSSR count). The smallest absolute Gasteiger partial charge is 0.105 e. The van der Waals surface area contributed by atoms with E-state index in [0.29, 0.717) is 11.5 Å². The Labute approximate surface area is 116 Å². The number of nitrogens with zero attached hydrogens (tertiary/aromatic N) is 1. The first-order valence-electron chi connectivity index (χ1n) is 7.78. The van der Waals surface area contributed by atoms with Crippen LogP contribution in [0.4, 0.5) is 0 Å². The second-order valence-corrected chi connectivity index (χ2v) is 7.15. The number of hydrogen-bond acceptors (Lipinski definition) is 2. The van der Waals surface area contributed by atoms with E-state index in [1.165, 1.54) is 18.5 Å². The topological polar surface area (TPSA) is 40.7 Å². The van der Waals surface area contributed by atoms with Gasteiger partial charge < -0.3 is 10.3 Å². The van der Waals surface area contributed by atoms with Gasteiger partial charge in [-0.15, -0.1) is 0 Å². The van der Waals surface area contributed by atoms with Crippen LogP contribution >= 0.6 is 0 Å². The molecule has 1 aromatic heterocycles. The Morgan fingerprint density at radius 1 is 1.42 bits per heavy atom. The van der Waals surface area contributed by atoms with Crippen molar-refractivity contribution < 1.29 is 0 Å². The maximum atomic E-state index is 4.37. The van der Waals surface area contributed by atoms with Gasteiger partial charge in [0.15, 0.2) is 0 Å². The largest absolute Gasteiger partial charge is 0.345 e. The van der Waals surface area contributed by atoms with Crippen molar-refractivity contribution in [1.29, 1.82) is 0 Å². The third-order valence-corrected chi connectivity index (χ3v) is 5.92. The molecule has 3 saturated carbocycles. The van der Waals surface area contributed by atoms with Gasteiger partial charge in [-0.05, 0) is 36.0 Å². The van der Waals surface area contributed by atoms with Gasteiger partial charge in [-0.2, -0.15) is 0 Å². The third-order valence-electron chi connectivity index (χ3n) is 5.92. The number of aromatic nitrogens is 2. The van der Waals surface area contributed by atoms with Crippen LogP contribution in [0.5, 0.6) is 0 Å². The van der Waals surface area contributed by atoms with Crippen LogP contribution in [-0.2, 0) is 13.0 Å². The highest BCUT2D eigenvalue weighted by molar-refractivity contribution is 5.08. The molecule has 106 valence electrons. The Morgan fingerprint density at radius 3 is 2.79 bits per heavy atom. The summed E-state index contributed by atoms with van der Waals surface area (Å²) in [6.45, 7) is 10.4. The van der Waals surface area contributed by atoms with Crippen molar-refractivity contribution in [2.45, 2.75) is 59.5 Å². The zero-order valence-corrected chi connectivity index (χ0v) is 12.7. The van der Waals surface area contributed by atoms with Crippen molar-refractivity contribution >= 4 is 0 Å². The summed E-state index contributed by atoms with van der Waals surface area (Å²) in [5.41, 5.74) is 1.81. The van der Waals surface area contributed by atoms with Crippen molar-refractivity contribution in [3.63, 3.8) is 0 Å². The van der Waals surface area contributed by atoms with Crippen LogP contribution in [0.3, 0.4) is 0 Å². The van der Waals surface area contributed by atoms with Gasteiger partial charge in [-0.1, -0.05) is 27.7 Å². The minimum Gasteiger partial charge on any atom is -0.345 e. The predicted molar refractivity (Wildman–Crippen MR) is 77.8 cm³/mol. The molecule has 0 saturated heterocycles. The molecule has 3 aliphatic rings. The van der Waals surface area contributed by atoms with E-state index in [1.807, 2.05) is 6.20 Å². The molecule has 1 heterocycles. The highest BCUT2D eigenvalue weighted by Crippen LogP contribution is 2.61. The molecule has 3 fully saturated rings. The number of aromatic amines is 1. The molecule has 0 radical (unpaired) electrons. The molecule has 3 heteroatoms. The predicted octanol–water partition coefficient (Wildman–Crippen LogP) is 3.13. The Hall–Kier alpha value is -0.830. The minimum atomic E-state index is 0.584. The summed E-state index contributed by atoms with van der Waals surface area (Å²) in [7, 11) is 0. The van der Waals surface area contributed by atoms with Crippen LogP contribution in [0.15, 0.2) is 6.20 Å². The van der Waals surface area contributed by atoms with Gasteiger partial charge in [0, 0.05) is 30.9 Å². The lowest BCUT2D eigenvalue weighted by Crippen LogP contribution is -2.59. The summed E-state index contributed by atoms with van der Waals surface area (Å²) < 4.78 is 0. The van der Waals surface area contributed by atoms with Crippen LogP contribution in [0.1, 0.15) is 52.1 Å². The molecule has 0 spiro atoms. The highest BCUT2D eigenvalue weighted by Gasteiger charge is 2.55. The van der Waals surface area contributed by atoms with E-state index in [9.17, 15) is 0 Å². The Balaban J connectivity index is 1.57. The summed E-state index contributed by atoms with van der Waals surface area (Å²) >= 11 is 0. The fourth-order valence-electron chi connectivity index (χ4n) is 4.34. The molecule has 0 amide bonds. The van der Waals surface area contributed by atoms with Crippen LogP contribution in [0, 0.1) is 23.2 Å². The normalized spacial score (nSPS) is 36.0. The number of rotatable bonds is 4. The standard InChI is InChI=1S/C16H27N3/c1-5-15-18-9-12(19-15)8-17-14-7-11-6-13(10(14)2)16(11,3)4/h9-11,13-14,17H,5-8H2,1-4H3,(H,18,19)/t10-,11+,13-,14-/m1/s1. The molecule has 19 heavy (non-hydrogen) atoms. The summed E-state index contributed by atoms with van der Waals surface area (Å²) in [5.74, 6) is 3.74. The molecule has 1 aromatic rings. The van der Waals surface area contributed by atoms with E-state index < -0.39 is 0 Å². The Kier molecular flexibility index (Phi) is 3.20. The Bertz CT molecular complexity index is 449. The monoisotopic (exact) mass is 261 g/mol. The number of nitrogens with one attached hydrogen (secondary N) is 2. The number of imidazole rings is 1. The quantitative estimate of drug-likeness (QED) is 0.874. The molecule has 2 bridgehead atoms. The van der Waals surface area contributed by atoms with Gasteiger partial charge in [-0.3, -0.25) is 0 Å². The number of H-pyrrole nitrogens is 1. The van der Waals surface area contributed by atoms with Gasteiger partial charge in [-0.25, -0.2) is 4.98 Å². The first kappa shape index (κ1) is 13.2. The van der Waals surface area contributed by atoms with E-state index in [4.69, 9.17) is 0 Å². The second kappa shape index (κ2) is 4.62. The van der Waals surface area contributed by atoms with Crippen LogP contribution in [-0.4, -0.2) is 16.0 Å². The van der Waals surface area contributed by atoms with Crippen molar-refractivity contribution in [1.82, 2.24) is 15.3 Å². The van der Waals surface area contributed by atoms with E-state index >= 15 is 0 Å². The fraction of sp³-hybridized carbons (Fsp3) is 0.812. The second-order valence-electron chi connectivity index (χ2n) is 7.15. The van der Waals surface area contributed by atoms with Gasteiger partial charge in [0.2, 0.25) is 0 Å². The molecule has 0 unspecified atom stereocenters. The average Bonchev–Trinajstić information content (AvgIpc) is 2.84. The van der Waals surface area contributed by atoms with Crippen molar-refractivity contribution in [3.05, 3.63) is 17.7 Å². The summed E-state index contributed by atoms with van der Waals surface area (Å²) in [6.07, 6.45) is 5.76. The van der Waals surface area contributed by atoms with Crippen molar-refractivity contribution in [2.24, 2.45) is 23.2 Å². The fourth-order valence-corrected chi connectivity index (χ4v) is 4.34. The molecule has 0 aliphatic heterocycles. The summed E-state index contributed by atoms with van der Waals surface area (Å²) in [5, 5.41) is 3.75. The lowest BCUT2D eigenvalue weighted by molar-refractivity contribution is -0.115. The van der Waals surface area contributed by atoms with Gasteiger partial charge in [0.25, 0.3) is 0 Å². The van der Waals surface area contributed by atoms with E-state index in [-0.39, 0.29) is 0 Å². The number of aryl methyl sites for hydroxylation is 1. The molecule has 3 nitrogen and oxygen atoms in total.